The lowest BCUT2D eigenvalue weighted by atomic mass is 10.3. The number of sulfonamides is 1. The molecule has 0 fully saturated rings. The molecule has 0 spiro atoms. The summed E-state index contributed by atoms with van der Waals surface area (Å²) in [4.78, 5) is 4.80. The first kappa shape index (κ1) is 16.1. The summed E-state index contributed by atoms with van der Waals surface area (Å²) < 4.78 is 27.8. The van der Waals surface area contributed by atoms with Crippen molar-refractivity contribution in [2.24, 2.45) is 0 Å². The van der Waals surface area contributed by atoms with Crippen LogP contribution in [0.4, 0.5) is 0 Å². The van der Waals surface area contributed by atoms with Crippen LogP contribution in [0.5, 0.6) is 0 Å². The summed E-state index contributed by atoms with van der Waals surface area (Å²) in [5, 5.41) is 8.64. The number of nitrogens with one attached hydrogen (secondary N) is 1. The maximum Gasteiger partial charge on any atom is 0.242 e. The highest BCUT2D eigenvalue weighted by Gasteiger charge is 2.15. The van der Waals surface area contributed by atoms with Crippen molar-refractivity contribution in [3.8, 4) is 11.8 Å². The minimum atomic E-state index is -3.65. The molecular weight excluding hydrogens is 376 g/mol. The van der Waals surface area contributed by atoms with E-state index in [1.807, 2.05) is 12.1 Å². The van der Waals surface area contributed by atoms with Gasteiger partial charge in [-0.2, -0.15) is 0 Å². The molecule has 0 saturated carbocycles. The smallest absolute Gasteiger partial charge is 0.242 e. The molecular formula is C13H11BrN2O3S2. The van der Waals surface area contributed by atoms with Gasteiger partial charge in [0.25, 0.3) is 0 Å². The van der Waals surface area contributed by atoms with Gasteiger partial charge >= 0.3 is 0 Å². The molecule has 2 N–H and O–H groups in total. The molecule has 5 nitrogen and oxygen atoms in total. The monoisotopic (exact) mass is 386 g/mol. The summed E-state index contributed by atoms with van der Waals surface area (Å²) >= 11 is 4.79. The third-order valence-corrected chi connectivity index (χ3v) is 5.39. The molecule has 0 aliphatic heterocycles. The number of rotatable bonds is 4. The van der Waals surface area contributed by atoms with E-state index in [0.717, 1.165) is 8.66 Å². The van der Waals surface area contributed by atoms with Crippen LogP contribution in [0.2, 0.25) is 0 Å². The Morgan fingerprint density at radius 2 is 2.19 bits per heavy atom. The molecule has 2 rings (SSSR count). The summed E-state index contributed by atoms with van der Waals surface area (Å²) in [6, 6.07) is 5.13. The van der Waals surface area contributed by atoms with E-state index in [9.17, 15) is 8.42 Å². The first-order chi connectivity index (χ1) is 10.0. The molecule has 2 heterocycles. The number of nitrogens with zero attached hydrogens (tertiary/aromatic N) is 1. The minimum absolute atomic E-state index is 0.0443. The van der Waals surface area contributed by atoms with Crippen molar-refractivity contribution in [3.05, 3.63) is 44.8 Å². The van der Waals surface area contributed by atoms with Gasteiger partial charge in [0.1, 0.15) is 11.5 Å². The second-order valence-electron chi connectivity index (χ2n) is 3.90. The predicted octanol–water partition coefficient (Wildman–Crippen LogP) is 1.73. The van der Waals surface area contributed by atoms with Crippen LogP contribution < -0.4 is 4.72 Å². The van der Waals surface area contributed by atoms with Crippen LogP contribution in [0.1, 0.15) is 10.4 Å². The molecule has 0 bridgehead atoms. The van der Waals surface area contributed by atoms with Gasteiger partial charge in [-0.25, -0.2) is 13.1 Å². The van der Waals surface area contributed by atoms with Gasteiger partial charge in [0.15, 0.2) is 0 Å². The van der Waals surface area contributed by atoms with Crippen LogP contribution >= 0.6 is 27.3 Å². The fourth-order valence-corrected chi connectivity index (χ4v) is 3.98. The lowest BCUT2D eigenvalue weighted by Crippen LogP contribution is -2.23. The quantitative estimate of drug-likeness (QED) is 0.784. The van der Waals surface area contributed by atoms with Crippen LogP contribution in [0.25, 0.3) is 0 Å². The number of aliphatic hydroxyl groups excluding tert-OH is 1. The average Bonchev–Trinajstić information content (AvgIpc) is 2.89. The van der Waals surface area contributed by atoms with Crippen molar-refractivity contribution in [1.82, 2.24) is 9.71 Å². The molecule has 8 heteroatoms. The van der Waals surface area contributed by atoms with Crippen LogP contribution in [0.3, 0.4) is 0 Å². The highest BCUT2D eigenvalue weighted by molar-refractivity contribution is 9.11. The Balaban J connectivity index is 2.15. The summed E-state index contributed by atoms with van der Waals surface area (Å²) in [6.07, 6.45) is 2.70. The Morgan fingerprint density at radius 3 is 2.86 bits per heavy atom. The Bertz CT molecular complexity index is 791. The van der Waals surface area contributed by atoms with Crippen molar-refractivity contribution in [2.45, 2.75) is 11.4 Å². The van der Waals surface area contributed by atoms with Gasteiger partial charge in [-0.1, -0.05) is 11.8 Å². The normalized spacial score (nSPS) is 11.0. The maximum absolute atomic E-state index is 12.2. The van der Waals surface area contributed by atoms with E-state index in [0.29, 0.717) is 5.56 Å². The van der Waals surface area contributed by atoms with Crippen molar-refractivity contribution >= 4 is 37.3 Å². The van der Waals surface area contributed by atoms with E-state index >= 15 is 0 Å². The lowest BCUT2D eigenvalue weighted by Gasteiger charge is -2.05. The summed E-state index contributed by atoms with van der Waals surface area (Å²) in [7, 11) is -3.65. The molecule has 0 aromatic carbocycles. The van der Waals surface area contributed by atoms with Gasteiger partial charge in [-0.3, -0.25) is 4.98 Å². The molecule has 110 valence electrons. The summed E-state index contributed by atoms with van der Waals surface area (Å²) in [5.74, 6) is 5.08. The second kappa shape index (κ2) is 7.15. The Labute approximate surface area is 135 Å². The maximum atomic E-state index is 12.2. The van der Waals surface area contributed by atoms with Crippen molar-refractivity contribution in [3.63, 3.8) is 0 Å². The van der Waals surface area contributed by atoms with Gasteiger partial charge in [0, 0.05) is 29.4 Å². The van der Waals surface area contributed by atoms with E-state index < -0.39 is 10.0 Å². The second-order valence-corrected chi connectivity index (χ2v) is 8.21. The van der Waals surface area contributed by atoms with Crippen LogP contribution in [-0.2, 0) is 16.6 Å². The molecule has 21 heavy (non-hydrogen) atoms. The largest absolute Gasteiger partial charge is 0.384 e. The highest BCUT2D eigenvalue weighted by atomic mass is 79.9. The number of aliphatic hydroxyl groups is 1. The Hall–Kier alpha value is -1.24. The van der Waals surface area contributed by atoms with E-state index in [-0.39, 0.29) is 18.0 Å². The van der Waals surface area contributed by atoms with Crippen LogP contribution in [0, 0.1) is 11.8 Å². The Kier molecular flexibility index (Phi) is 5.50. The highest BCUT2D eigenvalue weighted by Crippen LogP contribution is 2.22. The van der Waals surface area contributed by atoms with E-state index in [1.54, 1.807) is 0 Å². The molecule has 0 unspecified atom stereocenters. The first-order valence-electron chi connectivity index (χ1n) is 5.80. The molecule has 0 aliphatic rings. The number of hydrogen-bond acceptors (Lipinski definition) is 5. The molecule has 0 amide bonds. The molecule has 2 aromatic heterocycles. The fraction of sp³-hybridized carbons (Fsp3) is 0.154. The topological polar surface area (TPSA) is 79.3 Å². The van der Waals surface area contributed by atoms with Gasteiger partial charge in [0.2, 0.25) is 10.0 Å². The summed E-state index contributed by atoms with van der Waals surface area (Å²) in [5.41, 5.74) is 0.436. The third-order valence-electron chi connectivity index (χ3n) is 2.40. The first-order valence-corrected chi connectivity index (χ1v) is 8.89. The van der Waals surface area contributed by atoms with Gasteiger partial charge in [-0.15, -0.1) is 11.3 Å². The van der Waals surface area contributed by atoms with Crippen molar-refractivity contribution < 1.29 is 13.5 Å². The van der Waals surface area contributed by atoms with Crippen molar-refractivity contribution in [1.29, 1.82) is 0 Å². The minimum Gasteiger partial charge on any atom is -0.384 e. The standard InChI is InChI=1S/C13H11BrN2O3S2/c14-13-4-3-11(20-13)8-16-21(18,19)12-6-10(2-1-5-17)7-15-9-12/h3-4,6-7,9,16-17H,5,8H2. The predicted molar refractivity (Wildman–Crippen MR) is 84.2 cm³/mol. The number of halogens is 1. The molecule has 2 aromatic rings. The van der Waals surface area contributed by atoms with E-state index in [2.05, 4.69) is 37.5 Å². The van der Waals surface area contributed by atoms with Crippen LogP contribution in [-0.4, -0.2) is 25.1 Å². The number of aromatic nitrogens is 1. The van der Waals surface area contributed by atoms with Crippen LogP contribution in [0.15, 0.2) is 39.3 Å². The zero-order chi connectivity index (χ0) is 15.3. The number of pyridine rings is 1. The van der Waals surface area contributed by atoms with Gasteiger partial charge in [-0.05, 0) is 34.1 Å². The fourth-order valence-electron chi connectivity index (χ4n) is 1.47. The van der Waals surface area contributed by atoms with E-state index in [4.69, 9.17) is 5.11 Å². The summed E-state index contributed by atoms with van der Waals surface area (Å²) in [6.45, 7) is -0.0758. The molecule has 0 radical (unpaired) electrons. The average molecular weight is 387 g/mol. The molecule has 0 aliphatic carbocycles. The SMILES string of the molecule is O=S(=O)(NCc1ccc(Br)s1)c1cncc(C#CCO)c1. The zero-order valence-electron chi connectivity index (χ0n) is 10.7. The third kappa shape index (κ3) is 4.62. The van der Waals surface area contributed by atoms with Gasteiger partial charge in [0.05, 0.1) is 3.79 Å². The number of thiophene rings is 1. The van der Waals surface area contributed by atoms with E-state index in [1.165, 1.54) is 29.8 Å². The lowest BCUT2D eigenvalue weighted by molar-refractivity contribution is 0.350. The van der Waals surface area contributed by atoms with Gasteiger partial charge < -0.3 is 5.11 Å². The molecule has 0 atom stereocenters. The number of hydrogen-bond donors (Lipinski definition) is 2. The molecule has 0 saturated heterocycles. The van der Waals surface area contributed by atoms with Crippen molar-refractivity contribution in [2.75, 3.05) is 6.61 Å². The zero-order valence-corrected chi connectivity index (χ0v) is 13.9. The Morgan fingerprint density at radius 1 is 1.38 bits per heavy atom.